The molecule has 0 saturated carbocycles. The van der Waals surface area contributed by atoms with Crippen molar-refractivity contribution in [3.63, 3.8) is 0 Å². The lowest BCUT2D eigenvalue weighted by Gasteiger charge is -1.98. The lowest BCUT2D eigenvalue weighted by atomic mass is 10.4. The van der Waals surface area contributed by atoms with Crippen LogP contribution in [0.1, 0.15) is 30.2 Å². The van der Waals surface area contributed by atoms with Gasteiger partial charge in [-0.15, -0.1) is 0 Å². The van der Waals surface area contributed by atoms with Crippen LogP contribution in [0.15, 0.2) is 6.20 Å². The van der Waals surface area contributed by atoms with Gasteiger partial charge < -0.3 is 4.57 Å². The van der Waals surface area contributed by atoms with Crippen LogP contribution in [-0.2, 0) is 13.0 Å². The zero-order valence-corrected chi connectivity index (χ0v) is 6.87. The number of aldehydes is 1. The van der Waals surface area contributed by atoms with E-state index in [1.165, 1.54) is 0 Å². The normalized spacial score (nSPS) is 10.0. The first kappa shape index (κ1) is 7.98. The molecule has 1 rings (SSSR count). The summed E-state index contributed by atoms with van der Waals surface area (Å²) in [5, 5.41) is 0. The molecule has 0 bridgehead atoms. The maximum Gasteiger partial charge on any atom is 0.170 e. The van der Waals surface area contributed by atoms with Crippen LogP contribution in [0, 0.1) is 0 Å². The van der Waals surface area contributed by atoms with E-state index in [0.717, 1.165) is 25.1 Å². The predicted octanol–water partition coefficient (Wildman–Crippen LogP) is 1.28. The maximum absolute atomic E-state index is 10.3. The van der Waals surface area contributed by atoms with Crippen LogP contribution in [0.5, 0.6) is 0 Å². The highest BCUT2D eigenvalue weighted by molar-refractivity contribution is 5.71. The van der Waals surface area contributed by atoms with Gasteiger partial charge in [0.05, 0.1) is 0 Å². The molecule has 0 N–H and O–H groups in total. The lowest BCUT2D eigenvalue weighted by molar-refractivity contribution is 0.111. The first-order chi connectivity index (χ1) is 5.31. The van der Waals surface area contributed by atoms with Gasteiger partial charge in [-0.3, -0.25) is 4.79 Å². The van der Waals surface area contributed by atoms with Gasteiger partial charge in [-0.1, -0.05) is 6.92 Å². The van der Waals surface area contributed by atoms with Gasteiger partial charge in [-0.2, -0.15) is 0 Å². The Kier molecular flexibility index (Phi) is 2.41. The molecule has 1 heterocycles. The molecule has 0 aliphatic carbocycles. The Morgan fingerprint density at radius 1 is 1.64 bits per heavy atom. The first-order valence-electron chi connectivity index (χ1n) is 3.83. The van der Waals surface area contributed by atoms with Crippen molar-refractivity contribution < 1.29 is 4.79 Å². The molecule has 0 amide bonds. The van der Waals surface area contributed by atoms with Gasteiger partial charge in [0.25, 0.3) is 0 Å². The van der Waals surface area contributed by atoms with Crippen LogP contribution in [0.25, 0.3) is 0 Å². The van der Waals surface area contributed by atoms with E-state index < -0.39 is 0 Å². The van der Waals surface area contributed by atoms with Crippen molar-refractivity contribution >= 4 is 6.29 Å². The summed E-state index contributed by atoms with van der Waals surface area (Å²) in [6.45, 7) is 4.95. The van der Waals surface area contributed by atoms with Crippen LogP contribution in [0.2, 0.25) is 0 Å². The van der Waals surface area contributed by atoms with Crippen molar-refractivity contribution in [3.8, 4) is 0 Å². The van der Waals surface area contributed by atoms with E-state index in [1.807, 2.05) is 18.4 Å². The van der Waals surface area contributed by atoms with Crippen molar-refractivity contribution in [1.82, 2.24) is 9.55 Å². The highest BCUT2D eigenvalue weighted by Crippen LogP contribution is 2.01. The molecule has 0 fully saturated rings. The molecule has 1 aromatic rings. The molecule has 0 spiro atoms. The van der Waals surface area contributed by atoms with Crippen molar-refractivity contribution in [2.75, 3.05) is 0 Å². The van der Waals surface area contributed by atoms with Gasteiger partial charge in [0, 0.05) is 19.2 Å². The minimum absolute atomic E-state index is 0.531. The Labute approximate surface area is 66.1 Å². The number of hydrogen-bond donors (Lipinski definition) is 0. The molecular weight excluding hydrogens is 140 g/mol. The summed E-state index contributed by atoms with van der Waals surface area (Å²) in [6, 6.07) is 0. The highest BCUT2D eigenvalue weighted by atomic mass is 16.1. The summed E-state index contributed by atoms with van der Waals surface area (Å²) >= 11 is 0. The van der Waals surface area contributed by atoms with Crippen LogP contribution < -0.4 is 0 Å². The topological polar surface area (TPSA) is 34.9 Å². The lowest BCUT2D eigenvalue weighted by Crippen LogP contribution is -1.98. The first-order valence-corrected chi connectivity index (χ1v) is 3.83. The van der Waals surface area contributed by atoms with Crippen molar-refractivity contribution in [2.45, 2.75) is 26.8 Å². The van der Waals surface area contributed by atoms with Crippen LogP contribution in [-0.4, -0.2) is 15.8 Å². The van der Waals surface area contributed by atoms with Crippen LogP contribution in [0.3, 0.4) is 0 Å². The number of hydrogen-bond acceptors (Lipinski definition) is 2. The summed E-state index contributed by atoms with van der Waals surface area (Å²) < 4.78 is 1.99. The minimum atomic E-state index is 0.531. The average Bonchev–Trinajstić information content (AvgIpc) is 2.46. The van der Waals surface area contributed by atoms with Gasteiger partial charge >= 0.3 is 0 Å². The standard InChI is InChI=1S/C8H12N2O/c1-3-8-9-7(6-11)5-10(8)4-2/h5-6H,3-4H2,1-2H3. The molecule has 0 aromatic carbocycles. The van der Waals surface area contributed by atoms with Gasteiger partial charge in [0.2, 0.25) is 0 Å². The highest BCUT2D eigenvalue weighted by Gasteiger charge is 2.02. The number of aryl methyl sites for hydroxylation is 2. The average molecular weight is 152 g/mol. The van der Waals surface area contributed by atoms with E-state index in [4.69, 9.17) is 0 Å². The Morgan fingerprint density at radius 2 is 2.36 bits per heavy atom. The number of carbonyl (C=O) groups excluding carboxylic acids is 1. The van der Waals surface area contributed by atoms with E-state index in [-0.39, 0.29) is 0 Å². The zero-order chi connectivity index (χ0) is 8.27. The van der Waals surface area contributed by atoms with Gasteiger partial charge in [0.1, 0.15) is 11.5 Å². The Balaban J connectivity index is 3.01. The molecule has 3 heteroatoms. The molecule has 0 saturated heterocycles. The van der Waals surface area contributed by atoms with Crippen LogP contribution >= 0.6 is 0 Å². The van der Waals surface area contributed by atoms with Crippen molar-refractivity contribution in [3.05, 3.63) is 17.7 Å². The number of carbonyl (C=O) groups is 1. The van der Waals surface area contributed by atoms with E-state index in [2.05, 4.69) is 4.98 Å². The Hall–Kier alpha value is -1.12. The van der Waals surface area contributed by atoms with Crippen molar-refractivity contribution in [2.24, 2.45) is 0 Å². The van der Waals surface area contributed by atoms with E-state index >= 15 is 0 Å². The summed E-state index contributed by atoms with van der Waals surface area (Å²) in [5.74, 6) is 0.981. The molecule has 0 atom stereocenters. The smallest absolute Gasteiger partial charge is 0.170 e. The summed E-state index contributed by atoms with van der Waals surface area (Å²) in [5.41, 5.74) is 0.531. The van der Waals surface area contributed by atoms with E-state index in [0.29, 0.717) is 5.69 Å². The second-order valence-corrected chi connectivity index (χ2v) is 2.34. The fraction of sp³-hybridized carbons (Fsp3) is 0.500. The number of imidazole rings is 1. The Morgan fingerprint density at radius 3 is 2.73 bits per heavy atom. The summed E-state index contributed by atoms with van der Waals surface area (Å²) in [7, 11) is 0. The molecule has 0 aliphatic rings. The third-order valence-corrected chi connectivity index (χ3v) is 1.66. The van der Waals surface area contributed by atoms with Gasteiger partial charge in [0.15, 0.2) is 6.29 Å². The molecule has 0 aliphatic heterocycles. The quantitative estimate of drug-likeness (QED) is 0.611. The second kappa shape index (κ2) is 3.32. The maximum atomic E-state index is 10.3. The largest absolute Gasteiger partial charge is 0.334 e. The molecule has 0 radical (unpaired) electrons. The number of rotatable bonds is 3. The molecule has 0 unspecified atom stereocenters. The number of aromatic nitrogens is 2. The SMILES string of the molecule is CCc1nc(C=O)cn1CC. The fourth-order valence-electron chi connectivity index (χ4n) is 1.09. The minimum Gasteiger partial charge on any atom is -0.334 e. The van der Waals surface area contributed by atoms with Crippen LogP contribution in [0.4, 0.5) is 0 Å². The molecule has 60 valence electrons. The molecular formula is C8H12N2O. The molecule has 3 nitrogen and oxygen atoms in total. The molecule has 11 heavy (non-hydrogen) atoms. The second-order valence-electron chi connectivity index (χ2n) is 2.34. The Bertz CT molecular complexity index is 231. The fourth-order valence-corrected chi connectivity index (χ4v) is 1.09. The number of nitrogens with zero attached hydrogens (tertiary/aromatic N) is 2. The third kappa shape index (κ3) is 1.48. The summed E-state index contributed by atoms with van der Waals surface area (Å²) in [4.78, 5) is 14.4. The summed E-state index contributed by atoms with van der Waals surface area (Å²) in [6.07, 6.45) is 3.44. The predicted molar refractivity (Wildman–Crippen MR) is 42.7 cm³/mol. The van der Waals surface area contributed by atoms with E-state index in [1.54, 1.807) is 6.20 Å². The van der Waals surface area contributed by atoms with Crippen molar-refractivity contribution in [1.29, 1.82) is 0 Å². The van der Waals surface area contributed by atoms with E-state index in [9.17, 15) is 4.79 Å². The van der Waals surface area contributed by atoms with Gasteiger partial charge in [-0.25, -0.2) is 4.98 Å². The van der Waals surface area contributed by atoms with Gasteiger partial charge in [-0.05, 0) is 6.92 Å². The molecule has 1 aromatic heterocycles. The zero-order valence-electron chi connectivity index (χ0n) is 6.87. The third-order valence-electron chi connectivity index (χ3n) is 1.66. The monoisotopic (exact) mass is 152 g/mol.